The molecule has 0 aliphatic rings. The fourth-order valence-electron chi connectivity index (χ4n) is 1.84. The lowest BCUT2D eigenvalue weighted by atomic mass is 10.1. The Kier molecular flexibility index (Phi) is 6.73. The van der Waals surface area contributed by atoms with Gasteiger partial charge in [-0.3, -0.25) is 0 Å². The zero-order chi connectivity index (χ0) is 13.4. The summed E-state index contributed by atoms with van der Waals surface area (Å²) in [6.07, 6.45) is 2.13. The number of para-hydroxylation sites is 1. The summed E-state index contributed by atoms with van der Waals surface area (Å²) in [7, 11) is 0. The highest BCUT2D eigenvalue weighted by atomic mass is 19.1. The largest absolute Gasteiger partial charge is 0.490 e. The SMILES string of the molecule is CCNCc1cccc(F)c1OCC(CC)CC. The molecule has 0 unspecified atom stereocenters. The van der Waals surface area contributed by atoms with Gasteiger partial charge in [0.1, 0.15) is 0 Å². The second kappa shape index (κ2) is 8.09. The molecule has 102 valence electrons. The van der Waals surface area contributed by atoms with E-state index >= 15 is 0 Å². The topological polar surface area (TPSA) is 21.3 Å². The summed E-state index contributed by atoms with van der Waals surface area (Å²) in [4.78, 5) is 0. The number of rotatable bonds is 8. The number of hydrogen-bond acceptors (Lipinski definition) is 2. The van der Waals surface area contributed by atoms with E-state index in [0.717, 1.165) is 24.9 Å². The minimum atomic E-state index is -0.267. The Balaban J connectivity index is 2.72. The van der Waals surface area contributed by atoms with Crippen molar-refractivity contribution in [1.82, 2.24) is 5.32 Å². The number of nitrogens with one attached hydrogen (secondary N) is 1. The predicted molar refractivity (Wildman–Crippen MR) is 73.3 cm³/mol. The van der Waals surface area contributed by atoms with Crippen LogP contribution in [0.15, 0.2) is 18.2 Å². The van der Waals surface area contributed by atoms with Gasteiger partial charge in [0.05, 0.1) is 6.61 Å². The molecule has 0 aliphatic carbocycles. The summed E-state index contributed by atoms with van der Waals surface area (Å²) in [6, 6.07) is 5.09. The lowest BCUT2D eigenvalue weighted by Crippen LogP contribution is -2.16. The summed E-state index contributed by atoms with van der Waals surface area (Å²) >= 11 is 0. The van der Waals surface area contributed by atoms with Crippen molar-refractivity contribution in [3.8, 4) is 5.75 Å². The fraction of sp³-hybridized carbons (Fsp3) is 0.600. The Morgan fingerprint density at radius 2 is 1.94 bits per heavy atom. The van der Waals surface area contributed by atoms with Gasteiger partial charge < -0.3 is 10.1 Å². The summed E-state index contributed by atoms with van der Waals surface area (Å²) in [5.41, 5.74) is 0.891. The Hall–Kier alpha value is -1.09. The molecule has 0 atom stereocenters. The molecule has 2 nitrogen and oxygen atoms in total. The smallest absolute Gasteiger partial charge is 0.165 e. The van der Waals surface area contributed by atoms with Crippen LogP contribution in [0.1, 0.15) is 39.2 Å². The normalized spacial score (nSPS) is 10.9. The maximum absolute atomic E-state index is 13.8. The zero-order valence-corrected chi connectivity index (χ0v) is 11.6. The van der Waals surface area contributed by atoms with Crippen LogP contribution < -0.4 is 10.1 Å². The molecule has 0 amide bonds. The van der Waals surface area contributed by atoms with E-state index in [2.05, 4.69) is 19.2 Å². The third-order valence-electron chi connectivity index (χ3n) is 3.23. The number of hydrogen-bond donors (Lipinski definition) is 1. The molecule has 0 bridgehead atoms. The number of benzene rings is 1. The first-order valence-electron chi connectivity index (χ1n) is 6.83. The van der Waals surface area contributed by atoms with Gasteiger partial charge >= 0.3 is 0 Å². The van der Waals surface area contributed by atoms with Crippen molar-refractivity contribution in [2.75, 3.05) is 13.2 Å². The van der Waals surface area contributed by atoms with Crippen molar-refractivity contribution in [2.24, 2.45) is 5.92 Å². The van der Waals surface area contributed by atoms with E-state index < -0.39 is 0 Å². The van der Waals surface area contributed by atoms with E-state index in [1.54, 1.807) is 6.07 Å². The van der Waals surface area contributed by atoms with Crippen molar-refractivity contribution in [1.29, 1.82) is 0 Å². The van der Waals surface area contributed by atoms with E-state index in [-0.39, 0.29) is 5.82 Å². The Morgan fingerprint density at radius 3 is 2.56 bits per heavy atom. The van der Waals surface area contributed by atoms with E-state index in [0.29, 0.717) is 24.8 Å². The summed E-state index contributed by atoms with van der Waals surface area (Å²) < 4.78 is 19.5. The Bertz CT molecular complexity index is 350. The van der Waals surface area contributed by atoms with Crippen molar-refractivity contribution in [2.45, 2.75) is 40.2 Å². The molecule has 1 aromatic rings. The van der Waals surface area contributed by atoms with E-state index in [4.69, 9.17) is 4.74 Å². The van der Waals surface area contributed by atoms with Gasteiger partial charge in [0.15, 0.2) is 11.6 Å². The van der Waals surface area contributed by atoms with Gasteiger partial charge in [0, 0.05) is 12.1 Å². The first kappa shape index (κ1) is 15.0. The number of halogens is 1. The maximum atomic E-state index is 13.8. The fourth-order valence-corrected chi connectivity index (χ4v) is 1.84. The van der Waals surface area contributed by atoms with Crippen LogP contribution in [-0.4, -0.2) is 13.2 Å². The molecule has 0 radical (unpaired) electrons. The summed E-state index contributed by atoms with van der Waals surface area (Å²) in [5.74, 6) is 0.637. The van der Waals surface area contributed by atoms with Crippen molar-refractivity contribution >= 4 is 0 Å². The molecular weight excluding hydrogens is 229 g/mol. The van der Waals surface area contributed by atoms with Crippen molar-refractivity contribution in [3.63, 3.8) is 0 Å². The minimum absolute atomic E-state index is 0.267. The zero-order valence-electron chi connectivity index (χ0n) is 11.6. The molecular formula is C15H24FNO. The predicted octanol–water partition coefficient (Wildman–Crippen LogP) is 3.75. The average molecular weight is 253 g/mol. The molecule has 1 N–H and O–H groups in total. The molecule has 3 heteroatoms. The molecule has 0 heterocycles. The molecule has 0 saturated carbocycles. The number of ether oxygens (including phenoxy) is 1. The Morgan fingerprint density at radius 1 is 1.22 bits per heavy atom. The standard InChI is InChI=1S/C15H24FNO/c1-4-12(5-2)11-18-15-13(10-17-6-3)8-7-9-14(15)16/h7-9,12,17H,4-6,10-11H2,1-3H3. The monoisotopic (exact) mass is 253 g/mol. The second-order valence-electron chi connectivity index (χ2n) is 4.50. The van der Waals surface area contributed by atoms with Gasteiger partial charge in [-0.25, -0.2) is 4.39 Å². The molecule has 1 aromatic carbocycles. The first-order valence-corrected chi connectivity index (χ1v) is 6.83. The molecule has 0 saturated heterocycles. The van der Waals surface area contributed by atoms with Crippen LogP contribution >= 0.6 is 0 Å². The van der Waals surface area contributed by atoms with Crippen LogP contribution in [0.2, 0.25) is 0 Å². The molecule has 0 fully saturated rings. The average Bonchev–Trinajstić information content (AvgIpc) is 2.39. The quantitative estimate of drug-likeness (QED) is 0.762. The van der Waals surface area contributed by atoms with E-state index in [1.165, 1.54) is 6.07 Å². The first-order chi connectivity index (χ1) is 8.72. The van der Waals surface area contributed by atoms with Crippen molar-refractivity contribution in [3.05, 3.63) is 29.6 Å². The van der Waals surface area contributed by atoms with Gasteiger partial charge in [0.25, 0.3) is 0 Å². The van der Waals surface area contributed by atoms with Crippen molar-refractivity contribution < 1.29 is 9.13 Å². The van der Waals surface area contributed by atoms with E-state index in [1.807, 2.05) is 13.0 Å². The van der Waals surface area contributed by atoms with Crippen LogP contribution in [0.3, 0.4) is 0 Å². The van der Waals surface area contributed by atoms with Crippen LogP contribution in [0.4, 0.5) is 4.39 Å². The highest BCUT2D eigenvalue weighted by molar-refractivity contribution is 5.34. The van der Waals surface area contributed by atoms with Gasteiger partial charge in [-0.15, -0.1) is 0 Å². The third-order valence-corrected chi connectivity index (χ3v) is 3.23. The Labute approximate surface area is 110 Å². The van der Waals surface area contributed by atoms with Crippen LogP contribution in [-0.2, 0) is 6.54 Å². The van der Waals surface area contributed by atoms with Gasteiger partial charge in [0.2, 0.25) is 0 Å². The highest BCUT2D eigenvalue weighted by Gasteiger charge is 2.11. The van der Waals surface area contributed by atoms with Crippen LogP contribution in [0, 0.1) is 11.7 Å². The molecule has 0 spiro atoms. The third kappa shape index (κ3) is 4.30. The second-order valence-corrected chi connectivity index (χ2v) is 4.50. The highest BCUT2D eigenvalue weighted by Crippen LogP contribution is 2.24. The minimum Gasteiger partial charge on any atom is -0.490 e. The molecule has 0 aromatic heterocycles. The lowest BCUT2D eigenvalue weighted by Gasteiger charge is -2.17. The van der Waals surface area contributed by atoms with E-state index in [9.17, 15) is 4.39 Å². The van der Waals surface area contributed by atoms with Crippen LogP contribution in [0.5, 0.6) is 5.75 Å². The van der Waals surface area contributed by atoms with Gasteiger partial charge in [-0.2, -0.15) is 0 Å². The maximum Gasteiger partial charge on any atom is 0.165 e. The molecule has 18 heavy (non-hydrogen) atoms. The molecule has 1 rings (SSSR count). The van der Waals surface area contributed by atoms with Crippen LogP contribution in [0.25, 0.3) is 0 Å². The lowest BCUT2D eigenvalue weighted by molar-refractivity contribution is 0.229. The van der Waals surface area contributed by atoms with Gasteiger partial charge in [-0.1, -0.05) is 45.7 Å². The summed E-state index contributed by atoms with van der Waals surface area (Å²) in [5, 5.41) is 3.20. The molecule has 0 aliphatic heterocycles. The summed E-state index contributed by atoms with van der Waals surface area (Å²) in [6.45, 7) is 8.41. The van der Waals surface area contributed by atoms with Gasteiger partial charge in [-0.05, 0) is 18.5 Å².